The van der Waals surface area contributed by atoms with E-state index in [4.69, 9.17) is 17.3 Å². The number of amides is 4. The molecule has 4 rings (SSSR count). The fraction of sp³-hybridized carbons (Fsp3) is 0.321. The van der Waals surface area contributed by atoms with E-state index in [1.165, 1.54) is 4.90 Å². The average molecular weight is 535 g/mol. The first kappa shape index (κ1) is 27.1. The number of pyridine rings is 2. The highest BCUT2D eigenvalue weighted by Crippen LogP contribution is 2.34. The Labute approximate surface area is 227 Å². The minimum atomic E-state index is -0.993. The van der Waals surface area contributed by atoms with Crippen LogP contribution in [0.5, 0.6) is 0 Å². The molecule has 0 saturated carbocycles. The zero-order chi connectivity index (χ0) is 27.6. The summed E-state index contributed by atoms with van der Waals surface area (Å²) in [7, 11) is 1.64. The first-order chi connectivity index (χ1) is 18.1. The van der Waals surface area contributed by atoms with Crippen LogP contribution in [-0.4, -0.2) is 45.8 Å². The van der Waals surface area contributed by atoms with Crippen LogP contribution >= 0.6 is 11.6 Å². The van der Waals surface area contributed by atoms with Crippen LogP contribution < -0.4 is 16.0 Å². The molecule has 38 heavy (non-hydrogen) atoms. The molecule has 0 radical (unpaired) electrons. The number of anilines is 2. The molecule has 1 unspecified atom stereocenters. The van der Waals surface area contributed by atoms with Gasteiger partial charge in [-0.2, -0.15) is 0 Å². The Bertz CT molecular complexity index is 1360. The molecule has 1 aromatic carbocycles. The Hall–Kier alpha value is -3.98. The van der Waals surface area contributed by atoms with Crippen molar-refractivity contribution in [3.05, 3.63) is 82.3 Å². The Balaban J connectivity index is 1.63. The van der Waals surface area contributed by atoms with E-state index in [1.54, 1.807) is 55.7 Å². The minimum absolute atomic E-state index is 0.249. The van der Waals surface area contributed by atoms with Gasteiger partial charge < -0.3 is 16.0 Å². The second-order valence-corrected chi connectivity index (χ2v) is 9.96. The number of hydrogen-bond donors (Lipinski definition) is 2. The maximum atomic E-state index is 13.8. The molecule has 9 nitrogen and oxygen atoms in total. The molecule has 1 aliphatic heterocycles. The van der Waals surface area contributed by atoms with Crippen LogP contribution in [0, 0.1) is 19.8 Å². The number of carbonyl (C=O) groups excluding carboxylic acids is 3. The maximum Gasteiger partial charge on any atom is 0.325 e. The third-order valence-electron chi connectivity index (χ3n) is 6.73. The second-order valence-electron chi connectivity index (χ2n) is 9.52. The number of β-lactam (4-membered cyclic amide) rings is 1. The number of halogens is 1. The van der Waals surface area contributed by atoms with Gasteiger partial charge in [0.05, 0.1) is 12.0 Å². The Morgan fingerprint density at radius 1 is 1.16 bits per heavy atom. The number of likely N-dealkylation sites (tertiary alicyclic amines) is 1. The van der Waals surface area contributed by atoms with Crippen LogP contribution in [0.3, 0.4) is 0 Å². The summed E-state index contributed by atoms with van der Waals surface area (Å²) in [4.78, 5) is 51.5. The molecule has 2 aromatic heterocycles. The number of imide groups is 1. The monoisotopic (exact) mass is 534 g/mol. The molecule has 0 aliphatic carbocycles. The number of nitrogens with zero attached hydrogens (tertiary/aromatic N) is 4. The lowest BCUT2D eigenvalue weighted by molar-refractivity contribution is -0.156. The van der Waals surface area contributed by atoms with Gasteiger partial charge in [0.15, 0.2) is 0 Å². The molecule has 10 heteroatoms. The van der Waals surface area contributed by atoms with Gasteiger partial charge in [-0.25, -0.2) is 9.78 Å². The van der Waals surface area contributed by atoms with Crippen molar-refractivity contribution < 1.29 is 14.4 Å². The number of urea groups is 1. The Morgan fingerprint density at radius 2 is 1.87 bits per heavy atom. The SMILES string of the molecule is CCC(NC(=O)N1C(=O)[C@H](Cc2ccnc(N)c2)[C@H]1C(=O)N(C)c1cc(C)nc(C)c1)c1cccc(Cl)c1. The standard InChI is InChI=1S/C28H31ClN6O3/c1-5-23(19-7-6-8-20(29)15-19)33-28(38)35-25(22(26(35)36)13-18-9-10-31-24(30)14-18)27(37)34(4)21-11-16(2)32-17(3)12-21/h6-12,14-15,22-23,25H,5,13H2,1-4H3,(H2,30,31)(H,33,38)/t22-,23?,25+/m1/s1. The molecular weight excluding hydrogens is 504 g/mol. The van der Waals surface area contributed by atoms with Crippen LogP contribution in [0.15, 0.2) is 54.7 Å². The van der Waals surface area contributed by atoms with Gasteiger partial charge in [0, 0.05) is 35.3 Å². The summed E-state index contributed by atoms with van der Waals surface area (Å²) >= 11 is 6.15. The highest BCUT2D eigenvalue weighted by atomic mass is 35.5. The van der Waals surface area contributed by atoms with Crippen molar-refractivity contribution in [1.82, 2.24) is 20.2 Å². The molecule has 1 saturated heterocycles. The summed E-state index contributed by atoms with van der Waals surface area (Å²) in [5, 5.41) is 3.46. The van der Waals surface area contributed by atoms with Crippen LogP contribution in [0.4, 0.5) is 16.3 Å². The number of aryl methyl sites for hydroxylation is 2. The summed E-state index contributed by atoms with van der Waals surface area (Å²) < 4.78 is 0. The lowest BCUT2D eigenvalue weighted by atomic mass is 9.81. The first-order valence-electron chi connectivity index (χ1n) is 12.4. The van der Waals surface area contributed by atoms with Gasteiger partial charge in [0.1, 0.15) is 11.9 Å². The van der Waals surface area contributed by atoms with E-state index in [-0.39, 0.29) is 18.4 Å². The van der Waals surface area contributed by atoms with Crippen molar-refractivity contribution in [3.63, 3.8) is 0 Å². The number of carbonyl (C=O) groups is 3. The summed E-state index contributed by atoms with van der Waals surface area (Å²) in [6.45, 7) is 5.61. The van der Waals surface area contributed by atoms with Gasteiger partial charge in [-0.05, 0) is 74.2 Å². The van der Waals surface area contributed by atoms with Crippen molar-refractivity contribution in [2.45, 2.75) is 45.7 Å². The number of nitrogens with two attached hydrogens (primary N) is 1. The number of rotatable bonds is 7. The second kappa shape index (κ2) is 11.2. The predicted octanol–water partition coefficient (Wildman–Crippen LogP) is 4.22. The third kappa shape index (κ3) is 5.62. The molecule has 3 heterocycles. The minimum Gasteiger partial charge on any atom is -0.384 e. The van der Waals surface area contributed by atoms with Gasteiger partial charge >= 0.3 is 6.03 Å². The maximum absolute atomic E-state index is 13.8. The van der Waals surface area contributed by atoms with Gasteiger partial charge in [-0.1, -0.05) is 30.7 Å². The number of benzene rings is 1. The molecule has 4 amide bonds. The third-order valence-corrected chi connectivity index (χ3v) is 6.96. The van der Waals surface area contributed by atoms with Crippen molar-refractivity contribution in [2.75, 3.05) is 17.7 Å². The lowest BCUT2D eigenvalue weighted by Gasteiger charge is -2.46. The molecule has 0 spiro atoms. The van der Waals surface area contributed by atoms with Gasteiger partial charge in [0.25, 0.3) is 5.91 Å². The normalized spacial score (nSPS) is 17.5. The van der Waals surface area contributed by atoms with Crippen LogP contribution in [0.2, 0.25) is 5.02 Å². The fourth-order valence-electron chi connectivity index (χ4n) is 4.83. The van der Waals surface area contributed by atoms with Crippen LogP contribution in [0.25, 0.3) is 0 Å². The molecule has 198 valence electrons. The summed E-state index contributed by atoms with van der Waals surface area (Å²) in [5.41, 5.74) is 9.55. The topological polar surface area (TPSA) is 122 Å². The van der Waals surface area contributed by atoms with E-state index in [2.05, 4.69) is 15.3 Å². The lowest BCUT2D eigenvalue weighted by Crippen LogP contribution is -2.70. The fourth-order valence-corrected chi connectivity index (χ4v) is 5.03. The van der Waals surface area contributed by atoms with E-state index in [9.17, 15) is 14.4 Å². The van der Waals surface area contributed by atoms with Gasteiger partial charge in [-0.15, -0.1) is 0 Å². The molecule has 1 fully saturated rings. The smallest absolute Gasteiger partial charge is 0.325 e. The van der Waals surface area contributed by atoms with E-state index in [1.807, 2.05) is 26.8 Å². The Morgan fingerprint density at radius 3 is 2.50 bits per heavy atom. The molecule has 3 N–H and O–H groups in total. The molecular formula is C28H31ClN6O3. The van der Waals surface area contributed by atoms with E-state index in [0.717, 1.165) is 27.4 Å². The summed E-state index contributed by atoms with van der Waals surface area (Å²) in [5.74, 6) is -1.20. The van der Waals surface area contributed by atoms with E-state index in [0.29, 0.717) is 22.9 Å². The molecule has 3 aromatic rings. The average Bonchev–Trinajstić information content (AvgIpc) is 2.87. The summed E-state index contributed by atoms with van der Waals surface area (Å²) in [6.07, 6.45) is 2.38. The zero-order valence-corrected chi connectivity index (χ0v) is 22.6. The predicted molar refractivity (Wildman–Crippen MR) is 147 cm³/mol. The molecule has 3 atom stereocenters. The number of likely N-dealkylation sites (N-methyl/N-ethyl adjacent to an activating group) is 1. The highest BCUT2D eigenvalue weighted by Gasteiger charge is 2.55. The summed E-state index contributed by atoms with van der Waals surface area (Å²) in [6, 6.07) is 12.2. The molecule has 0 bridgehead atoms. The van der Waals surface area contributed by atoms with E-state index >= 15 is 0 Å². The van der Waals surface area contributed by atoms with Crippen molar-refractivity contribution >= 4 is 41.0 Å². The number of nitrogen functional groups attached to an aromatic ring is 1. The van der Waals surface area contributed by atoms with Crippen molar-refractivity contribution in [3.8, 4) is 0 Å². The van der Waals surface area contributed by atoms with Crippen LogP contribution in [-0.2, 0) is 16.0 Å². The number of aromatic nitrogens is 2. The Kier molecular flexibility index (Phi) is 7.97. The number of hydrogen-bond acceptors (Lipinski definition) is 6. The van der Waals surface area contributed by atoms with Crippen LogP contribution in [0.1, 0.15) is 41.9 Å². The molecule has 1 aliphatic rings. The number of nitrogens with one attached hydrogen (secondary N) is 1. The highest BCUT2D eigenvalue weighted by molar-refractivity contribution is 6.30. The largest absolute Gasteiger partial charge is 0.384 e. The quantitative estimate of drug-likeness (QED) is 0.438. The zero-order valence-electron chi connectivity index (χ0n) is 21.8. The van der Waals surface area contributed by atoms with Gasteiger partial charge in [0.2, 0.25) is 5.91 Å². The van der Waals surface area contributed by atoms with E-state index < -0.39 is 23.9 Å². The van der Waals surface area contributed by atoms with Crippen molar-refractivity contribution in [2.24, 2.45) is 5.92 Å². The van der Waals surface area contributed by atoms with Crippen molar-refractivity contribution in [1.29, 1.82) is 0 Å². The van der Waals surface area contributed by atoms with Gasteiger partial charge in [-0.3, -0.25) is 19.5 Å². The first-order valence-corrected chi connectivity index (χ1v) is 12.8.